The molecule has 2 aromatic carbocycles. The van der Waals surface area contributed by atoms with Gasteiger partial charge in [0.05, 0.1) is 11.0 Å². The average Bonchev–Trinajstić information content (AvgIpc) is 2.98. The number of imidazole rings is 1. The molecule has 132 valence electrons. The van der Waals surface area contributed by atoms with Crippen LogP contribution >= 0.6 is 11.6 Å². The van der Waals surface area contributed by atoms with Crippen LogP contribution in [-0.4, -0.2) is 22.8 Å². The van der Waals surface area contributed by atoms with Gasteiger partial charge in [-0.1, -0.05) is 48.9 Å². The van der Waals surface area contributed by atoms with Crippen LogP contribution in [0.15, 0.2) is 48.5 Å². The van der Waals surface area contributed by atoms with E-state index in [0.29, 0.717) is 0 Å². The third-order valence-corrected chi connectivity index (χ3v) is 4.77. The van der Waals surface area contributed by atoms with Crippen LogP contribution in [-0.2, 0) is 11.3 Å². The lowest BCUT2D eigenvalue weighted by molar-refractivity contribution is 0.141. The molecule has 0 aliphatic rings. The third-order valence-electron chi connectivity index (χ3n) is 4.54. The number of halogens is 1. The molecule has 0 aliphatic carbocycles. The molecular formula is C21H25ClN2O. The van der Waals surface area contributed by atoms with E-state index in [1.54, 1.807) is 0 Å². The Balaban J connectivity index is 2.02. The number of ether oxygens (including phenoxy) is 1. The van der Waals surface area contributed by atoms with Crippen LogP contribution in [0.4, 0.5) is 0 Å². The number of hydrogen-bond acceptors (Lipinski definition) is 2. The Morgan fingerprint density at radius 1 is 1.12 bits per heavy atom. The summed E-state index contributed by atoms with van der Waals surface area (Å²) in [6.07, 6.45) is 1.97. The molecule has 0 fully saturated rings. The molecule has 0 aliphatic heterocycles. The zero-order valence-electron chi connectivity index (χ0n) is 14.9. The summed E-state index contributed by atoms with van der Waals surface area (Å²) in [6.45, 7) is 6.65. The van der Waals surface area contributed by atoms with E-state index in [1.165, 1.54) is 5.56 Å². The van der Waals surface area contributed by atoms with Crippen LogP contribution in [0.5, 0.6) is 0 Å². The van der Waals surface area contributed by atoms with Gasteiger partial charge in [0.2, 0.25) is 0 Å². The second-order valence-electron chi connectivity index (χ2n) is 6.18. The Hall–Kier alpha value is -1.84. The van der Waals surface area contributed by atoms with E-state index in [-0.39, 0.29) is 5.92 Å². The number of rotatable bonds is 8. The molecule has 0 spiro atoms. The van der Waals surface area contributed by atoms with Crippen LogP contribution in [0.25, 0.3) is 11.0 Å². The van der Waals surface area contributed by atoms with E-state index < -0.39 is 0 Å². The normalized spacial score (nSPS) is 12.6. The lowest BCUT2D eigenvalue weighted by atomic mass is 9.95. The van der Waals surface area contributed by atoms with Crippen LogP contribution in [0, 0.1) is 0 Å². The maximum atomic E-state index is 6.25. The molecule has 3 rings (SSSR count). The van der Waals surface area contributed by atoms with Gasteiger partial charge >= 0.3 is 0 Å². The zero-order valence-corrected chi connectivity index (χ0v) is 15.7. The summed E-state index contributed by atoms with van der Waals surface area (Å²) in [5.41, 5.74) is 3.41. The number of benzene rings is 2. The quantitative estimate of drug-likeness (QED) is 0.487. The monoisotopic (exact) mass is 356 g/mol. The van der Waals surface area contributed by atoms with Gasteiger partial charge in [-0.15, -0.1) is 0 Å². The molecule has 3 nitrogen and oxygen atoms in total. The highest BCUT2D eigenvalue weighted by Crippen LogP contribution is 2.31. The number of aromatic nitrogens is 2. The lowest BCUT2D eigenvalue weighted by Gasteiger charge is -2.18. The van der Waals surface area contributed by atoms with Gasteiger partial charge in [0.1, 0.15) is 5.82 Å². The highest BCUT2D eigenvalue weighted by molar-refractivity contribution is 6.31. The first kappa shape index (κ1) is 18.0. The Morgan fingerprint density at radius 2 is 1.92 bits per heavy atom. The van der Waals surface area contributed by atoms with Crippen molar-refractivity contribution < 1.29 is 4.74 Å². The summed E-state index contributed by atoms with van der Waals surface area (Å²) in [5.74, 6) is 1.39. The molecule has 0 bridgehead atoms. The Labute approximate surface area is 154 Å². The third kappa shape index (κ3) is 4.05. The van der Waals surface area contributed by atoms with Crippen LogP contribution in [0.3, 0.4) is 0 Å². The van der Waals surface area contributed by atoms with Crippen molar-refractivity contribution in [1.82, 2.24) is 9.55 Å². The Kier molecular flexibility index (Phi) is 6.11. The average molecular weight is 357 g/mol. The topological polar surface area (TPSA) is 27.1 Å². The predicted molar refractivity (Wildman–Crippen MR) is 104 cm³/mol. The molecule has 0 saturated carbocycles. The van der Waals surface area contributed by atoms with Crippen molar-refractivity contribution in [2.45, 2.75) is 39.2 Å². The van der Waals surface area contributed by atoms with Crippen LogP contribution in [0.2, 0.25) is 5.02 Å². The molecule has 1 aromatic heterocycles. The SMILES string of the molecule is CCOCCCn1c(C(CC)c2ccccc2)nc2ccc(Cl)cc21. The summed E-state index contributed by atoms with van der Waals surface area (Å²) in [7, 11) is 0. The number of fused-ring (bicyclic) bond motifs is 1. The molecule has 3 aromatic rings. The summed E-state index contributed by atoms with van der Waals surface area (Å²) >= 11 is 6.25. The molecular weight excluding hydrogens is 332 g/mol. The number of aryl methyl sites for hydroxylation is 1. The van der Waals surface area contributed by atoms with Gasteiger partial charge in [-0.05, 0) is 43.5 Å². The van der Waals surface area contributed by atoms with Gasteiger partial charge in [-0.2, -0.15) is 0 Å². The summed E-state index contributed by atoms with van der Waals surface area (Å²) in [6, 6.07) is 16.6. The van der Waals surface area contributed by atoms with Gasteiger partial charge in [0.25, 0.3) is 0 Å². The van der Waals surface area contributed by atoms with E-state index in [4.69, 9.17) is 21.3 Å². The molecule has 25 heavy (non-hydrogen) atoms. The zero-order chi connectivity index (χ0) is 17.6. The number of nitrogens with zero attached hydrogens (tertiary/aromatic N) is 2. The summed E-state index contributed by atoms with van der Waals surface area (Å²) in [4.78, 5) is 4.96. The molecule has 4 heteroatoms. The fourth-order valence-electron chi connectivity index (χ4n) is 3.34. The molecule has 1 atom stereocenters. The fourth-order valence-corrected chi connectivity index (χ4v) is 3.50. The highest BCUT2D eigenvalue weighted by atomic mass is 35.5. The molecule has 0 radical (unpaired) electrons. The van der Waals surface area contributed by atoms with Crippen LogP contribution < -0.4 is 0 Å². The lowest BCUT2D eigenvalue weighted by Crippen LogP contribution is -2.11. The second kappa shape index (κ2) is 8.50. The minimum Gasteiger partial charge on any atom is -0.382 e. The first-order valence-electron chi connectivity index (χ1n) is 9.03. The van der Waals surface area contributed by atoms with Crippen molar-refractivity contribution in [1.29, 1.82) is 0 Å². The molecule has 1 unspecified atom stereocenters. The van der Waals surface area contributed by atoms with Crippen LogP contribution in [0.1, 0.15) is 44.0 Å². The van der Waals surface area contributed by atoms with Crippen molar-refractivity contribution in [3.63, 3.8) is 0 Å². The number of hydrogen-bond donors (Lipinski definition) is 0. The van der Waals surface area contributed by atoms with Gasteiger partial charge in [-0.3, -0.25) is 0 Å². The van der Waals surface area contributed by atoms with Gasteiger partial charge in [0.15, 0.2) is 0 Å². The van der Waals surface area contributed by atoms with Crippen molar-refractivity contribution in [3.8, 4) is 0 Å². The van der Waals surface area contributed by atoms with Gasteiger partial charge in [0, 0.05) is 30.7 Å². The predicted octanol–water partition coefficient (Wildman–Crippen LogP) is 5.66. The molecule has 1 heterocycles. The Bertz CT molecular complexity index is 813. The van der Waals surface area contributed by atoms with E-state index >= 15 is 0 Å². The van der Waals surface area contributed by atoms with Gasteiger partial charge in [-0.25, -0.2) is 4.98 Å². The summed E-state index contributed by atoms with van der Waals surface area (Å²) < 4.78 is 7.84. The highest BCUT2D eigenvalue weighted by Gasteiger charge is 2.20. The molecule has 0 N–H and O–H groups in total. The van der Waals surface area contributed by atoms with Gasteiger partial charge < -0.3 is 9.30 Å². The summed E-state index contributed by atoms with van der Waals surface area (Å²) in [5, 5.41) is 0.748. The maximum Gasteiger partial charge on any atom is 0.117 e. The molecule has 0 saturated heterocycles. The van der Waals surface area contributed by atoms with Crippen molar-refractivity contribution >= 4 is 22.6 Å². The first-order valence-corrected chi connectivity index (χ1v) is 9.40. The standard InChI is InChI=1S/C21H25ClN2O/c1-3-18(16-9-6-5-7-10-16)21-23-19-12-11-17(22)15-20(19)24(21)13-8-14-25-4-2/h5-7,9-12,15,18H,3-4,8,13-14H2,1-2H3. The first-order chi connectivity index (χ1) is 12.2. The van der Waals surface area contributed by atoms with E-state index in [0.717, 1.165) is 54.5 Å². The van der Waals surface area contributed by atoms with Crippen molar-refractivity contribution in [2.75, 3.05) is 13.2 Å². The smallest absolute Gasteiger partial charge is 0.117 e. The minimum atomic E-state index is 0.277. The largest absolute Gasteiger partial charge is 0.382 e. The van der Waals surface area contributed by atoms with E-state index in [2.05, 4.69) is 41.8 Å². The van der Waals surface area contributed by atoms with Crippen molar-refractivity contribution in [2.24, 2.45) is 0 Å². The fraction of sp³-hybridized carbons (Fsp3) is 0.381. The van der Waals surface area contributed by atoms with E-state index in [1.807, 2.05) is 25.1 Å². The maximum absolute atomic E-state index is 6.25. The minimum absolute atomic E-state index is 0.277. The second-order valence-corrected chi connectivity index (χ2v) is 6.61. The molecule has 0 amide bonds. The van der Waals surface area contributed by atoms with E-state index in [9.17, 15) is 0 Å². The Morgan fingerprint density at radius 3 is 2.64 bits per heavy atom. The van der Waals surface area contributed by atoms with Crippen molar-refractivity contribution in [3.05, 3.63) is 64.9 Å².